The highest BCUT2D eigenvalue weighted by atomic mass is 35.5. The van der Waals surface area contributed by atoms with E-state index >= 15 is 0 Å². The molecule has 1 N–H and O–H groups in total. The van der Waals surface area contributed by atoms with Crippen LogP contribution < -0.4 is 5.32 Å². The van der Waals surface area contributed by atoms with Gasteiger partial charge in [0.1, 0.15) is 16.9 Å². The number of halogens is 1. The van der Waals surface area contributed by atoms with Crippen molar-refractivity contribution in [3.05, 3.63) is 16.9 Å². The third-order valence-electron chi connectivity index (χ3n) is 3.22. The lowest BCUT2D eigenvalue weighted by molar-refractivity contribution is -0.123. The van der Waals surface area contributed by atoms with Crippen LogP contribution in [0.2, 0.25) is 0 Å². The van der Waals surface area contributed by atoms with Crippen LogP contribution in [0, 0.1) is 12.3 Å². The Morgan fingerprint density at radius 1 is 1.08 bits per heavy atom. The topological polar surface area (TPSA) is 94.8 Å². The number of alkyl halides is 1. The highest BCUT2D eigenvalue weighted by Crippen LogP contribution is 2.30. The van der Waals surface area contributed by atoms with Crippen molar-refractivity contribution in [2.75, 3.05) is 24.4 Å². The molecule has 0 atom stereocenters. The summed E-state index contributed by atoms with van der Waals surface area (Å²) in [5.41, 5.74) is -1.11. The number of esters is 2. The van der Waals surface area contributed by atoms with Gasteiger partial charge in [0, 0.05) is 5.88 Å². The molecule has 0 aromatic carbocycles. The Labute approximate surface area is 145 Å². The molecule has 1 heterocycles. The van der Waals surface area contributed by atoms with Gasteiger partial charge in [-0.2, -0.15) is 0 Å². The third-order valence-corrected chi connectivity index (χ3v) is 3.89. The predicted octanol–water partition coefficient (Wildman–Crippen LogP) is 3.14. The maximum atomic E-state index is 12.3. The molecule has 0 saturated heterocycles. The van der Waals surface area contributed by atoms with Gasteiger partial charge in [-0.25, -0.2) is 9.59 Å². The Bertz CT molecular complexity index is 635. The maximum absolute atomic E-state index is 12.3. The second-order valence-electron chi connectivity index (χ2n) is 5.65. The van der Waals surface area contributed by atoms with Crippen LogP contribution in [0.5, 0.6) is 0 Å². The first-order valence-corrected chi connectivity index (χ1v) is 8.08. The molecule has 134 valence electrons. The van der Waals surface area contributed by atoms with Crippen LogP contribution in [-0.4, -0.2) is 36.9 Å². The van der Waals surface area contributed by atoms with Crippen molar-refractivity contribution in [3.63, 3.8) is 0 Å². The summed E-state index contributed by atoms with van der Waals surface area (Å²) in [6.45, 7) is 8.28. The van der Waals surface area contributed by atoms with Crippen LogP contribution in [0.4, 0.5) is 5.88 Å². The predicted molar refractivity (Wildman–Crippen MR) is 88.5 cm³/mol. The van der Waals surface area contributed by atoms with E-state index in [1.165, 1.54) is 6.92 Å². The Kier molecular flexibility index (Phi) is 6.83. The van der Waals surface area contributed by atoms with E-state index in [2.05, 4.69) is 5.32 Å². The highest BCUT2D eigenvalue weighted by molar-refractivity contribution is 6.20. The number of rotatable bonds is 7. The van der Waals surface area contributed by atoms with Crippen LogP contribution in [0.3, 0.4) is 0 Å². The van der Waals surface area contributed by atoms with Crippen molar-refractivity contribution in [2.45, 2.75) is 34.6 Å². The summed E-state index contributed by atoms with van der Waals surface area (Å²) in [5, 5.41) is 2.50. The number of hydrogen-bond acceptors (Lipinski definition) is 6. The minimum absolute atomic E-state index is 0.0609. The van der Waals surface area contributed by atoms with Crippen LogP contribution in [-0.2, 0) is 14.3 Å². The van der Waals surface area contributed by atoms with Gasteiger partial charge < -0.3 is 13.9 Å². The number of carbonyl (C=O) groups is 3. The smallest absolute Gasteiger partial charge is 0.344 e. The van der Waals surface area contributed by atoms with E-state index in [1.807, 2.05) is 0 Å². The van der Waals surface area contributed by atoms with Gasteiger partial charge in [0.05, 0.1) is 18.6 Å². The lowest BCUT2D eigenvalue weighted by atomic mass is 9.95. The Morgan fingerprint density at radius 2 is 1.58 bits per heavy atom. The monoisotopic (exact) mass is 359 g/mol. The first-order valence-electron chi connectivity index (χ1n) is 7.54. The summed E-state index contributed by atoms with van der Waals surface area (Å²) in [4.78, 5) is 36.7. The highest BCUT2D eigenvalue weighted by Gasteiger charge is 2.34. The fourth-order valence-corrected chi connectivity index (χ4v) is 1.93. The summed E-state index contributed by atoms with van der Waals surface area (Å²) >= 11 is 5.78. The fraction of sp³-hybridized carbons (Fsp3) is 0.562. The van der Waals surface area contributed by atoms with E-state index in [0.29, 0.717) is 0 Å². The van der Waals surface area contributed by atoms with Crippen LogP contribution in [0.1, 0.15) is 54.2 Å². The minimum atomic E-state index is -0.891. The average Bonchev–Trinajstić information content (AvgIpc) is 2.83. The van der Waals surface area contributed by atoms with Crippen molar-refractivity contribution < 1.29 is 28.3 Å². The van der Waals surface area contributed by atoms with Crippen LogP contribution in [0.25, 0.3) is 0 Å². The second-order valence-corrected chi connectivity index (χ2v) is 5.92. The molecule has 8 heteroatoms. The number of anilines is 1. The molecule has 0 radical (unpaired) electrons. The maximum Gasteiger partial charge on any atom is 0.344 e. The number of aryl methyl sites for hydroxylation is 1. The average molecular weight is 360 g/mol. The number of ether oxygens (including phenoxy) is 2. The molecular weight excluding hydrogens is 338 g/mol. The summed E-state index contributed by atoms with van der Waals surface area (Å²) < 4.78 is 15.3. The van der Waals surface area contributed by atoms with Crippen molar-refractivity contribution >= 4 is 35.3 Å². The van der Waals surface area contributed by atoms with Gasteiger partial charge in [-0.1, -0.05) is 0 Å². The molecule has 0 unspecified atom stereocenters. The fourth-order valence-electron chi connectivity index (χ4n) is 1.81. The molecule has 1 aromatic heterocycles. The normalized spacial score (nSPS) is 11.1. The lowest BCUT2D eigenvalue weighted by Gasteiger charge is -2.19. The van der Waals surface area contributed by atoms with Crippen molar-refractivity contribution in [3.8, 4) is 0 Å². The molecule has 0 bridgehead atoms. The molecule has 0 fully saturated rings. The van der Waals surface area contributed by atoms with Gasteiger partial charge in [-0.15, -0.1) is 11.6 Å². The Hall–Kier alpha value is -2.02. The van der Waals surface area contributed by atoms with E-state index in [9.17, 15) is 14.4 Å². The molecule has 24 heavy (non-hydrogen) atoms. The van der Waals surface area contributed by atoms with E-state index in [-0.39, 0.29) is 41.9 Å². The van der Waals surface area contributed by atoms with Crippen LogP contribution >= 0.6 is 11.6 Å². The number of hydrogen-bond donors (Lipinski definition) is 1. The van der Waals surface area contributed by atoms with Gasteiger partial charge in [-0.05, 0) is 34.6 Å². The van der Waals surface area contributed by atoms with E-state index in [0.717, 1.165) is 0 Å². The number of nitrogens with one attached hydrogen (secondary N) is 1. The molecule has 7 nitrogen and oxygen atoms in total. The number of amides is 1. The summed E-state index contributed by atoms with van der Waals surface area (Å²) in [6, 6.07) is 0. The molecule has 0 aliphatic carbocycles. The quantitative estimate of drug-likeness (QED) is 0.593. The lowest BCUT2D eigenvalue weighted by Crippen LogP contribution is -2.32. The third kappa shape index (κ3) is 4.29. The molecule has 1 rings (SSSR count). The SMILES string of the molecule is CCOC(=O)c1c(C)oc(NC(=O)C(C)(C)CCl)c1C(=O)OCC. The molecule has 0 saturated carbocycles. The summed E-state index contributed by atoms with van der Waals surface area (Å²) in [7, 11) is 0. The van der Waals surface area contributed by atoms with Crippen LogP contribution in [0.15, 0.2) is 4.42 Å². The van der Waals surface area contributed by atoms with Gasteiger partial charge in [0.2, 0.25) is 11.8 Å². The second kappa shape index (κ2) is 8.19. The number of furan rings is 1. The molecule has 1 aromatic rings. The van der Waals surface area contributed by atoms with Crippen molar-refractivity contribution in [1.82, 2.24) is 0 Å². The largest absolute Gasteiger partial charge is 0.462 e. The summed E-state index contributed by atoms with van der Waals surface area (Å²) in [6.07, 6.45) is 0. The van der Waals surface area contributed by atoms with Gasteiger partial charge in [-0.3, -0.25) is 10.1 Å². The number of carbonyl (C=O) groups excluding carboxylic acids is 3. The first kappa shape index (κ1) is 20.0. The van der Waals surface area contributed by atoms with Crippen molar-refractivity contribution in [1.29, 1.82) is 0 Å². The molecule has 1 amide bonds. The molecular formula is C16H22ClNO6. The zero-order chi connectivity index (χ0) is 18.5. The van der Waals surface area contributed by atoms with E-state index < -0.39 is 23.3 Å². The zero-order valence-corrected chi connectivity index (χ0v) is 15.2. The van der Waals surface area contributed by atoms with Gasteiger partial charge >= 0.3 is 11.9 Å². The summed E-state index contributed by atoms with van der Waals surface area (Å²) in [5.74, 6) is -1.90. The zero-order valence-electron chi connectivity index (χ0n) is 14.4. The molecule has 0 aliphatic heterocycles. The van der Waals surface area contributed by atoms with Gasteiger partial charge in [0.25, 0.3) is 0 Å². The molecule has 0 aliphatic rings. The molecule has 0 spiro atoms. The minimum Gasteiger partial charge on any atom is -0.462 e. The Morgan fingerprint density at radius 3 is 2.04 bits per heavy atom. The van der Waals surface area contributed by atoms with Gasteiger partial charge in [0.15, 0.2) is 0 Å². The Balaban J connectivity index is 3.34. The van der Waals surface area contributed by atoms with E-state index in [1.54, 1.807) is 27.7 Å². The van der Waals surface area contributed by atoms with Crippen molar-refractivity contribution in [2.24, 2.45) is 5.41 Å². The first-order chi connectivity index (χ1) is 11.2. The van der Waals surface area contributed by atoms with E-state index in [4.69, 9.17) is 25.5 Å². The standard InChI is InChI=1S/C16H22ClNO6/c1-6-22-13(19)10-9(3)24-12(11(10)14(20)23-7-2)18-15(21)16(4,5)8-17/h6-8H2,1-5H3,(H,18,21).